The van der Waals surface area contributed by atoms with E-state index in [9.17, 15) is 18.0 Å². The molecule has 2 aromatic carbocycles. The van der Waals surface area contributed by atoms with E-state index in [2.05, 4.69) is 5.32 Å². The van der Waals surface area contributed by atoms with Gasteiger partial charge in [-0.3, -0.25) is 4.79 Å². The smallest absolute Gasteiger partial charge is 0.340 e. The summed E-state index contributed by atoms with van der Waals surface area (Å²) in [5.74, 6) is -1.07. The predicted molar refractivity (Wildman–Crippen MR) is 122 cm³/mol. The molecular formula is C22H25ClN2O7S. The molecule has 2 aromatic rings. The number of nitrogens with one attached hydrogen (secondary N) is 1. The Morgan fingerprint density at radius 2 is 1.70 bits per heavy atom. The van der Waals surface area contributed by atoms with Gasteiger partial charge in [0.25, 0.3) is 0 Å². The van der Waals surface area contributed by atoms with Gasteiger partial charge in [-0.05, 0) is 37.1 Å². The molecule has 3 rings (SSSR count). The van der Waals surface area contributed by atoms with Crippen molar-refractivity contribution in [2.24, 2.45) is 5.92 Å². The SMILES string of the molecule is COC(=O)c1cc(OC)c(OC)cc1NC(=O)[C@@H]1CCCN(S(=O)(=O)c2ccc(Cl)cc2)C1. The summed E-state index contributed by atoms with van der Waals surface area (Å²) in [4.78, 5) is 25.4. The van der Waals surface area contributed by atoms with E-state index in [-0.39, 0.29) is 22.7 Å². The highest BCUT2D eigenvalue weighted by Gasteiger charge is 2.34. The molecule has 1 fully saturated rings. The van der Waals surface area contributed by atoms with Crippen LogP contribution in [0.1, 0.15) is 23.2 Å². The maximum atomic E-state index is 13.1. The number of rotatable bonds is 7. The highest BCUT2D eigenvalue weighted by Crippen LogP contribution is 2.34. The monoisotopic (exact) mass is 496 g/mol. The molecule has 0 radical (unpaired) electrons. The average Bonchev–Trinajstić information content (AvgIpc) is 2.83. The van der Waals surface area contributed by atoms with E-state index in [4.69, 9.17) is 25.8 Å². The van der Waals surface area contributed by atoms with Gasteiger partial charge in [0.2, 0.25) is 15.9 Å². The topological polar surface area (TPSA) is 111 Å². The third kappa shape index (κ3) is 5.40. The number of amides is 1. The summed E-state index contributed by atoms with van der Waals surface area (Å²) in [5.41, 5.74) is 0.270. The van der Waals surface area contributed by atoms with E-state index < -0.39 is 27.8 Å². The Labute approximate surface area is 197 Å². The Bertz CT molecular complexity index is 1140. The number of benzene rings is 2. The molecule has 1 aliphatic rings. The summed E-state index contributed by atoms with van der Waals surface area (Å²) in [6.45, 7) is 0.316. The molecule has 0 aliphatic carbocycles. The number of halogens is 1. The first-order valence-corrected chi connectivity index (χ1v) is 11.9. The van der Waals surface area contributed by atoms with Crippen molar-refractivity contribution >= 4 is 39.2 Å². The van der Waals surface area contributed by atoms with Crippen molar-refractivity contribution in [1.82, 2.24) is 4.31 Å². The molecule has 1 aliphatic heterocycles. The van der Waals surface area contributed by atoms with E-state index in [1.165, 1.54) is 62.0 Å². The van der Waals surface area contributed by atoms with Crippen LogP contribution in [-0.2, 0) is 19.6 Å². The highest BCUT2D eigenvalue weighted by atomic mass is 35.5. The maximum Gasteiger partial charge on any atom is 0.340 e. The molecule has 1 amide bonds. The molecule has 9 nitrogen and oxygen atoms in total. The van der Waals surface area contributed by atoms with Gasteiger partial charge in [0.05, 0.1) is 43.4 Å². The van der Waals surface area contributed by atoms with Crippen molar-refractivity contribution < 1.29 is 32.2 Å². The molecular weight excluding hydrogens is 472 g/mol. The first kappa shape index (κ1) is 24.8. The lowest BCUT2D eigenvalue weighted by Gasteiger charge is -2.31. The number of sulfonamides is 1. The van der Waals surface area contributed by atoms with Crippen LogP contribution in [0.25, 0.3) is 0 Å². The second kappa shape index (κ2) is 10.4. The largest absolute Gasteiger partial charge is 0.493 e. The zero-order chi connectivity index (χ0) is 24.2. The van der Waals surface area contributed by atoms with Crippen molar-refractivity contribution in [3.05, 3.63) is 47.0 Å². The van der Waals surface area contributed by atoms with Gasteiger partial charge in [-0.1, -0.05) is 11.6 Å². The van der Waals surface area contributed by atoms with Gasteiger partial charge in [0, 0.05) is 30.2 Å². The number of hydrogen-bond acceptors (Lipinski definition) is 7. The number of anilines is 1. The van der Waals surface area contributed by atoms with Crippen LogP contribution in [0.5, 0.6) is 11.5 Å². The van der Waals surface area contributed by atoms with Crippen LogP contribution in [0.3, 0.4) is 0 Å². The number of piperidine rings is 1. The Morgan fingerprint density at radius 3 is 2.30 bits per heavy atom. The fraction of sp³-hybridized carbons (Fsp3) is 0.364. The second-order valence-corrected chi connectivity index (χ2v) is 9.76. The molecule has 0 saturated carbocycles. The quantitative estimate of drug-likeness (QED) is 0.586. The lowest BCUT2D eigenvalue weighted by atomic mass is 9.98. The van der Waals surface area contributed by atoms with Crippen LogP contribution < -0.4 is 14.8 Å². The number of methoxy groups -OCH3 is 3. The van der Waals surface area contributed by atoms with Gasteiger partial charge in [0.1, 0.15) is 0 Å². The second-order valence-electron chi connectivity index (χ2n) is 7.39. The summed E-state index contributed by atoms with van der Waals surface area (Å²) < 4.78 is 42.6. The summed E-state index contributed by atoms with van der Waals surface area (Å²) in [6.07, 6.45) is 1.01. The first-order valence-electron chi connectivity index (χ1n) is 10.1. The normalized spacial score (nSPS) is 16.7. The molecule has 0 bridgehead atoms. The van der Waals surface area contributed by atoms with E-state index >= 15 is 0 Å². The van der Waals surface area contributed by atoms with E-state index in [0.29, 0.717) is 35.9 Å². The number of ether oxygens (including phenoxy) is 3. The van der Waals surface area contributed by atoms with Crippen molar-refractivity contribution in [3.63, 3.8) is 0 Å². The van der Waals surface area contributed by atoms with Crippen molar-refractivity contribution in [1.29, 1.82) is 0 Å². The van der Waals surface area contributed by atoms with Crippen LogP contribution in [0.2, 0.25) is 5.02 Å². The molecule has 33 heavy (non-hydrogen) atoms. The molecule has 1 N–H and O–H groups in total. The minimum Gasteiger partial charge on any atom is -0.493 e. The lowest BCUT2D eigenvalue weighted by Crippen LogP contribution is -2.43. The van der Waals surface area contributed by atoms with Gasteiger partial charge in [-0.15, -0.1) is 0 Å². The predicted octanol–water partition coefficient (Wildman–Crippen LogP) is 3.18. The summed E-state index contributed by atoms with van der Waals surface area (Å²) in [7, 11) is 0.306. The molecule has 178 valence electrons. The van der Waals surface area contributed by atoms with E-state index in [1.807, 2.05) is 0 Å². The average molecular weight is 497 g/mol. The zero-order valence-electron chi connectivity index (χ0n) is 18.5. The van der Waals surface area contributed by atoms with Crippen molar-refractivity contribution in [2.45, 2.75) is 17.7 Å². The van der Waals surface area contributed by atoms with Gasteiger partial charge in [-0.2, -0.15) is 4.31 Å². The minimum atomic E-state index is -3.78. The van der Waals surface area contributed by atoms with Crippen LogP contribution in [-0.4, -0.2) is 59.0 Å². The lowest BCUT2D eigenvalue weighted by molar-refractivity contribution is -0.120. The van der Waals surface area contributed by atoms with Gasteiger partial charge in [-0.25, -0.2) is 13.2 Å². The Hall–Kier alpha value is -2.82. The van der Waals surface area contributed by atoms with Crippen LogP contribution in [0.4, 0.5) is 5.69 Å². The summed E-state index contributed by atoms with van der Waals surface area (Å²) >= 11 is 5.86. The maximum absolute atomic E-state index is 13.1. The molecule has 0 unspecified atom stereocenters. The molecule has 1 heterocycles. The number of esters is 1. The third-order valence-electron chi connectivity index (χ3n) is 5.39. The van der Waals surface area contributed by atoms with E-state index in [0.717, 1.165) is 0 Å². The summed E-state index contributed by atoms with van der Waals surface area (Å²) in [5, 5.41) is 3.16. The number of carbonyl (C=O) groups excluding carboxylic acids is 2. The Morgan fingerprint density at radius 1 is 1.06 bits per heavy atom. The van der Waals surface area contributed by atoms with Gasteiger partial charge in [0.15, 0.2) is 11.5 Å². The van der Waals surface area contributed by atoms with Crippen LogP contribution >= 0.6 is 11.6 Å². The first-order chi connectivity index (χ1) is 15.7. The van der Waals surface area contributed by atoms with Crippen LogP contribution in [0, 0.1) is 5.92 Å². The molecule has 0 aromatic heterocycles. The van der Waals surface area contributed by atoms with Crippen LogP contribution in [0.15, 0.2) is 41.3 Å². The highest BCUT2D eigenvalue weighted by molar-refractivity contribution is 7.89. The Kier molecular flexibility index (Phi) is 7.83. The third-order valence-corrected chi connectivity index (χ3v) is 7.52. The summed E-state index contributed by atoms with van der Waals surface area (Å²) in [6, 6.07) is 8.77. The Balaban J connectivity index is 1.83. The molecule has 0 spiro atoms. The van der Waals surface area contributed by atoms with Gasteiger partial charge < -0.3 is 19.5 Å². The number of carbonyl (C=O) groups is 2. The number of hydrogen-bond donors (Lipinski definition) is 1. The zero-order valence-corrected chi connectivity index (χ0v) is 20.0. The fourth-order valence-electron chi connectivity index (χ4n) is 3.63. The molecule has 1 atom stereocenters. The fourth-order valence-corrected chi connectivity index (χ4v) is 5.28. The van der Waals surface area contributed by atoms with E-state index in [1.54, 1.807) is 0 Å². The number of nitrogens with zero attached hydrogens (tertiary/aromatic N) is 1. The minimum absolute atomic E-state index is 0.0115. The molecule has 11 heteroatoms. The van der Waals surface area contributed by atoms with Crippen molar-refractivity contribution in [3.8, 4) is 11.5 Å². The molecule has 1 saturated heterocycles. The van der Waals surface area contributed by atoms with Crippen molar-refractivity contribution in [2.75, 3.05) is 39.7 Å². The van der Waals surface area contributed by atoms with Gasteiger partial charge >= 0.3 is 5.97 Å². The standard InChI is InChI=1S/C22H25ClN2O7S/c1-30-19-11-17(22(27)32-3)18(12-20(19)31-2)24-21(26)14-5-4-10-25(13-14)33(28,29)16-8-6-15(23)7-9-16/h6-9,11-12,14H,4-5,10,13H2,1-3H3,(H,24,26)/t14-/m1/s1.